The Morgan fingerprint density at radius 3 is 2.29 bits per heavy atom. The quantitative estimate of drug-likeness (QED) is 0.601. The van der Waals surface area contributed by atoms with E-state index in [4.69, 9.17) is 4.42 Å². The molecule has 1 aromatic carbocycles. The summed E-state index contributed by atoms with van der Waals surface area (Å²) < 4.78 is 44.1. The molecule has 0 unspecified atom stereocenters. The molecule has 0 spiro atoms. The minimum atomic E-state index is -4.48. The summed E-state index contributed by atoms with van der Waals surface area (Å²) in [5, 5.41) is 7.59. The Balaban J connectivity index is 1.09. The molecule has 4 aliphatic carbocycles. The third-order valence-corrected chi connectivity index (χ3v) is 7.51. The number of aromatic nitrogens is 2. The highest BCUT2D eigenvalue weighted by molar-refractivity contribution is 5.82. The third kappa shape index (κ3) is 4.95. The molecule has 10 heteroatoms. The van der Waals surface area contributed by atoms with E-state index in [1.807, 2.05) is 0 Å². The van der Waals surface area contributed by atoms with E-state index in [0.717, 1.165) is 49.1 Å². The summed E-state index contributed by atoms with van der Waals surface area (Å²) in [5.74, 6) is 1.77. The molecule has 0 aliphatic heterocycles. The maximum absolute atomic E-state index is 12.9. The largest absolute Gasteiger partial charge is 0.421 e. The average molecular weight is 476 g/mol. The van der Waals surface area contributed by atoms with Gasteiger partial charge in [0, 0.05) is 24.8 Å². The third-order valence-electron chi connectivity index (χ3n) is 7.51. The van der Waals surface area contributed by atoms with Crippen LogP contribution in [0.4, 0.5) is 13.2 Å². The van der Waals surface area contributed by atoms with Gasteiger partial charge in [-0.15, -0.1) is 10.2 Å². The Morgan fingerprint density at radius 1 is 1.00 bits per heavy atom. The number of rotatable bonds is 6. The SMILES string of the molecule is O=C(CCc1nnc(-c2cccc(C(F)(F)F)c2)o1)NNC(=O)CC12CC3CC(CC(C3)C1)C2. The molecule has 182 valence electrons. The van der Waals surface area contributed by atoms with Crippen molar-refractivity contribution in [1.29, 1.82) is 0 Å². The van der Waals surface area contributed by atoms with Crippen molar-refractivity contribution in [2.75, 3.05) is 0 Å². The van der Waals surface area contributed by atoms with Crippen LogP contribution in [-0.2, 0) is 22.2 Å². The number of amides is 2. The van der Waals surface area contributed by atoms with Crippen molar-refractivity contribution < 1.29 is 27.2 Å². The highest BCUT2D eigenvalue weighted by atomic mass is 19.4. The lowest BCUT2D eigenvalue weighted by Crippen LogP contribution is -2.50. The Morgan fingerprint density at radius 2 is 1.65 bits per heavy atom. The molecule has 1 heterocycles. The second kappa shape index (κ2) is 8.70. The van der Waals surface area contributed by atoms with Gasteiger partial charge in [-0.3, -0.25) is 20.4 Å². The van der Waals surface area contributed by atoms with Gasteiger partial charge in [0.05, 0.1) is 5.56 Å². The molecule has 4 bridgehead atoms. The standard InChI is InChI=1S/C24H27F3N4O3/c25-24(26,27)18-3-1-2-17(9-18)22-31-30-21(34-22)5-4-19(32)28-29-20(33)13-23-10-14-6-15(11-23)8-16(7-14)12-23/h1-3,9,14-16H,4-8,10-13H2,(H,28,32)(H,29,33). The van der Waals surface area contributed by atoms with Gasteiger partial charge < -0.3 is 4.42 Å². The van der Waals surface area contributed by atoms with E-state index in [2.05, 4.69) is 21.0 Å². The number of nitrogens with one attached hydrogen (secondary N) is 2. The van der Waals surface area contributed by atoms with E-state index in [1.54, 1.807) is 0 Å². The number of nitrogens with zero attached hydrogens (tertiary/aromatic N) is 2. The molecule has 1 aromatic heterocycles. The average Bonchev–Trinajstić information content (AvgIpc) is 3.24. The van der Waals surface area contributed by atoms with Gasteiger partial charge in [-0.25, -0.2) is 0 Å². The summed E-state index contributed by atoms with van der Waals surface area (Å²) in [6.07, 6.45) is 3.33. The van der Waals surface area contributed by atoms with E-state index in [0.29, 0.717) is 6.42 Å². The molecule has 4 aliphatic rings. The molecule has 0 saturated heterocycles. The zero-order valence-corrected chi connectivity index (χ0v) is 18.7. The van der Waals surface area contributed by atoms with Crippen LogP contribution in [0.3, 0.4) is 0 Å². The first-order valence-electron chi connectivity index (χ1n) is 11.8. The van der Waals surface area contributed by atoms with E-state index < -0.39 is 17.6 Å². The second-order valence-corrected chi connectivity index (χ2v) is 10.3. The van der Waals surface area contributed by atoms with Crippen LogP contribution >= 0.6 is 0 Å². The first-order chi connectivity index (χ1) is 16.2. The fourth-order valence-corrected chi connectivity index (χ4v) is 6.61. The maximum Gasteiger partial charge on any atom is 0.416 e. The monoisotopic (exact) mass is 476 g/mol. The Hall–Kier alpha value is -2.91. The lowest BCUT2D eigenvalue weighted by molar-refractivity contribution is -0.137. The number of carbonyl (C=O) groups excluding carboxylic acids is 2. The molecule has 0 atom stereocenters. The maximum atomic E-state index is 12.9. The van der Waals surface area contributed by atoms with Crippen LogP contribution in [-0.4, -0.2) is 22.0 Å². The molecule has 2 amide bonds. The van der Waals surface area contributed by atoms with Gasteiger partial charge in [-0.1, -0.05) is 6.07 Å². The van der Waals surface area contributed by atoms with Gasteiger partial charge in [0.25, 0.3) is 0 Å². The molecular formula is C24H27F3N4O3. The van der Waals surface area contributed by atoms with Crippen LogP contribution in [0.25, 0.3) is 11.5 Å². The molecule has 4 fully saturated rings. The number of hydrogen-bond donors (Lipinski definition) is 2. The van der Waals surface area contributed by atoms with E-state index in [9.17, 15) is 22.8 Å². The van der Waals surface area contributed by atoms with Crippen molar-refractivity contribution in [1.82, 2.24) is 21.0 Å². The summed E-state index contributed by atoms with van der Waals surface area (Å²) in [7, 11) is 0. The van der Waals surface area contributed by atoms with Gasteiger partial charge in [-0.2, -0.15) is 13.2 Å². The number of hydrogen-bond acceptors (Lipinski definition) is 5. The molecule has 4 saturated carbocycles. The fourth-order valence-electron chi connectivity index (χ4n) is 6.61. The fraction of sp³-hybridized carbons (Fsp3) is 0.583. The predicted octanol–water partition coefficient (Wildman–Crippen LogP) is 4.44. The molecular weight excluding hydrogens is 449 g/mol. The lowest BCUT2D eigenvalue weighted by Gasteiger charge is -2.56. The Kier molecular flexibility index (Phi) is 5.85. The summed E-state index contributed by atoms with van der Waals surface area (Å²) >= 11 is 0. The number of hydrazine groups is 1. The topological polar surface area (TPSA) is 97.1 Å². The van der Waals surface area contributed by atoms with Crippen LogP contribution < -0.4 is 10.9 Å². The molecule has 7 nitrogen and oxygen atoms in total. The number of benzene rings is 1. The lowest BCUT2D eigenvalue weighted by atomic mass is 9.49. The van der Waals surface area contributed by atoms with Gasteiger partial charge in [0.2, 0.25) is 23.6 Å². The molecule has 2 N–H and O–H groups in total. The van der Waals surface area contributed by atoms with E-state index in [1.165, 1.54) is 31.4 Å². The number of halogens is 3. The zero-order valence-electron chi connectivity index (χ0n) is 18.7. The number of aryl methyl sites for hydroxylation is 1. The number of alkyl halides is 3. The minimum Gasteiger partial charge on any atom is -0.421 e. The highest BCUT2D eigenvalue weighted by Crippen LogP contribution is 2.61. The normalized spacial score (nSPS) is 27.6. The Bertz CT molecular complexity index is 1050. The summed E-state index contributed by atoms with van der Waals surface area (Å²) in [6.45, 7) is 0. The summed E-state index contributed by atoms with van der Waals surface area (Å²) in [5.41, 5.74) is 4.40. The van der Waals surface area contributed by atoms with Crippen LogP contribution in [0.1, 0.15) is 62.8 Å². The zero-order chi connectivity index (χ0) is 23.9. The minimum absolute atomic E-state index is 0.0120. The van der Waals surface area contributed by atoms with E-state index in [-0.39, 0.29) is 41.5 Å². The van der Waals surface area contributed by atoms with Gasteiger partial charge >= 0.3 is 6.18 Å². The van der Waals surface area contributed by atoms with Crippen LogP contribution in [0, 0.1) is 23.2 Å². The highest BCUT2D eigenvalue weighted by Gasteiger charge is 2.51. The van der Waals surface area contributed by atoms with Crippen molar-refractivity contribution in [3.05, 3.63) is 35.7 Å². The molecule has 0 radical (unpaired) electrons. The summed E-state index contributed by atoms with van der Waals surface area (Å²) in [6, 6.07) is 4.60. The van der Waals surface area contributed by atoms with Gasteiger partial charge in [0.1, 0.15) is 0 Å². The van der Waals surface area contributed by atoms with Crippen molar-refractivity contribution in [2.45, 2.75) is 64.0 Å². The van der Waals surface area contributed by atoms with Crippen molar-refractivity contribution >= 4 is 11.8 Å². The van der Waals surface area contributed by atoms with E-state index >= 15 is 0 Å². The van der Waals surface area contributed by atoms with Crippen molar-refractivity contribution in [3.63, 3.8) is 0 Å². The molecule has 2 aromatic rings. The predicted molar refractivity (Wildman–Crippen MR) is 115 cm³/mol. The second-order valence-electron chi connectivity index (χ2n) is 10.3. The van der Waals surface area contributed by atoms with Crippen LogP contribution in [0.2, 0.25) is 0 Å². The van der Waals surface area contributed by atoms with Gasteiger partial charge in [0.15, 0.2) is 0 Å². The van der Waals surface area contributed by atoms with Gasteiger partial charge in [-0.05, 0) is 79.9 Å². The van der Waals surface area contributed by atoms with Crippen molar-refractivity contribution in [2.24, 2.45) is 23.2 Å². The van der Waals surface area contributed by atoms with Crippen molar-refractivity contribution in [3.8, 4) is 11.5 Å². The van der Waals surface area contributed by atoms with Crippen LogP contribution in [0.5, 0.6) is 0 Å². The molecule has 6 rings (SSSR count). The summed E-state index contributed by atoms with van der Waals surface area (Å²) in [4.78, 5) is 24.7. The smallest absolute Gasteiger partial charge is 0.416 e. The first-order valence-corrected chi connectivity index (χ1v) is 11.8. The molecule has 34 heavy (non-hydrogen) atoms. The Labute approximate surface area is 194 Å². The van der Waals surface area contributed by atoms with Crippen LogP contribution in [0.15, 0.2) is 28.7 Å². The number of carbonyl (C=O) groups is 2. The first kappa shape index (κ1) is 22.9.